The predicted octanol–water partition coefficient (Wildman–Crippen LogP) is 3.93. The van der Waals surface area contributed by atoms with Crippen LogP contribution >= 0.6 is 23.1 Å². The highest BCUT2D eigenvalue weighted by atomic mass is 32.2. The number of hydrogen-bond donors (Lipinski definition) is 1. The summed E-state index contributed by atoms with van der Waals surface area (Å²) >= 11 is 3.47. The number of benzene rings is 2. The quantitative estimate of drug-likeness (QED) is 0.553. The van der Waals surface area contributed by atoms with Crippen molar-refractivity contribution in [2.75, 3.05) is 12.4 Å². The Balaban J connectivity index is 1.49. The van der Waals surface area contributed by atoms with E-state index in [1.807, 2.05) is 42.5 Å². The summed E-state index contributed by atoms with van der Waals surface area (Å²) in [6.07, 6.45) is 0. The molecule has 3 aromatic rings. The molecule has 3 nitrogen and oxygen atoms in total. The number of fused-ring (bicyclic) bond motifs is 1. The number of thiazole rings is 1. The van der Waals surface area contributed by atoms with Crippen LogP contribution in [0, 0.1) is 0 Å². The third-order valence-corrected chi connectivity index (χ3v) is 5.15. The molecule has 0 saturated heterocycles. The van der Waals surface area contributed by atoms with Crippen molar-refractivity contribution < 1.29 is 4.74 Å². The number of aromatic nitrogens is 1. The van der Waals surface area contributed by atoms with Crippen molar-refractivity contribution in [3.05, 3.63) is 54.1 Å². The molecule has 5 heteroatoms. The van der Waals surface area contributed by atoms with E-state index >= 15 is 0 Å². The first-order valence-corrected chi connectivity index (χ1v) is 8.55. The first-order valence-electron chi connectivity index (χ1n) is 6.75. The second-order valence-corrected chi connectivity index (χ2v) is 6.87. The summed E-state index contributed by atoms with van der Waals surface area (Å²) in [5.74, 6) is 1.77. The Kier molecular flexibility index (Phi) is 4.75. The lowest BCUT2D eigenvalue weighted by molar-refractivity contribution is 0.344. The second-order valence-electron chi connectivity index (χ2n) is 4.49. The number of ether oxygens (including phenoxy) is 1. The summed E-state index contributed by atoms with van der Waals surface area (Å²) in [5.41, 5.74) is 7.76. The highest BCUT2D eigenvalue weighted by Crippen LogP contribution is 2.29. The van der Waals surface area contributed by atoms with Crippen molar-refractivity contribution in [1.82, 2.24) is 4.98 Å². The van der Waals surface area contributed by atoms with E-state index in [1.54, 1.807) is 23.1 Å². The van der Waals surface area contributed by atoms with E-state index in [4.69, 9.17) is 10.5 Å². The Morgan fingerprint density at radius 2 is 1.90 bits per heavy atom. The van der Waals surface area contributed by atoms with Crippen LogP contribution in [0.3, 0.4) is 0 Å². The molecule has 0 aliphatic carbocycles. The smallest absolute Gasteiger partial charge is 0.151 e. The minimum Gasteiger partial charge on any atom is -0.493 e. The number of thioether (sulfide) groups is 1. The van der Waals surface area contributed by atoms with E-state index in [2.05, 4.69) is 11.1 Å². The molecule has 1 aromatic heterocycles. The third kappa shape index (κ3) is 3.75. The average Bonchev–Trinajstić information content (AvgIpc) is 2.95. The molecule has 0 radical (unpaired) electrons. The van der Waals surface area contributed by atoms with Crippen molar-refractivity contribution in [2.45, 2.75) is 10.9 Å². The van der Waals surface area contributed by atoms with Gasteiger partial charge in [0.1, 0.15) is 5.75 Å². The third-order valence-electron chi connectivity index (χ3n) is 3.01. The van der Waals surface area contributed by atoms with Gasteiger partial charge in [-0.2, -0.15) is 0 Å². The fraction of sp³-hybridized carbons (Fsp3) is 0.188. The summed E-state index contributed by atoms with van der Waals surface area (Å²) in [6.45, 7) is 1.23. The molecule has 0 aliphatic rings. The summed E-state index contributed by atoms with van der Waals surface area (Å²) in [7, 11) is 0. The predicted molar refractivity (Wildman–Crippen MR) is 90.2 cm³/mol. The minimum atomic E-state index is 0.563. The van der Waals surface area contributed by atoms with Crippen molar-refractivity contribution in [2.24, 2.45) is 5.73 Å². The van der Waals surface area contributed by atoms with Gasteiger partial charge in [-0.3, -0.25) is 0 Å². The van der Waals surface area contributed by atoms with Gasteiger partial charge in [-0.25, -0.2) is 4.98 Å². The summed E-state index contributed by atoms with van der Waals surface area (Å²) in [5, 5.41) is 0. The molecule has 1 heterocycles. The Hall–Kier alpha value is -1.56. The highest BCUT2D eigenvalue weighted by molar-refractivity contribution is 8.01. The van der Waals surface area contributed by atoms with Gasteiger partial charge in [0.15, 0.2) is 4.34 Å². The van der Waals surface area contributed by atoms with Crippen LogP contribution in [0.1, 0.15) is 5.56 Å². The second kappa shape index (κ2) is 6.93. The molecular formula is C16H16N2OS2. The summed E-state index contributed by atoms with van der Waals surface area (Å²) < 4.78 is 8.05. The molecule has 0 atom stereocenters. The normalized spacial score (nSPS) is 10.9. The largest absolute Gasteiger partial charge is 0.493 e. The number of para-hydroxylation sites is 1. The first kappa shape index (κ1) is 14.4. The van der Waals surface area contributed by atoms with Crippen LogP contribution in [-0.2, 0) is 6.54 Å². The Labute approximate surface area is 132 Å². The molecule has 0 spiro atoms. The number of nitrogens with two attached hydrogens (primary N) is 1. The van der Waals surface area contributed by atoms with E-state index in [0.29, 0.717) is 13.2 Å². The minimum absolute atomic E-state index is 0.563. The van der Waals surface area contributed by atoms with E-state index in [0.717, 1.165) is 26.9 Å². The van der Waals surface area contributed by atoms with Gasteiger partial charge in [0.05, 0.1) is 16.8 Å². The number of rotatable bonds is 6. The lowest BCUT2D eigenvalue weighted by Crippen LogP contribution is -2.00. The molecule has 0 fully saturated rings. The van der Waals surface area contributed by atoms with E-state index in [9.17, 15) is 0 Å². The molecule has 2 N–H and O–H groups in total. The zero-order valence-electron chi connectivity index (χ0n) is 11.5. The maximum Gasteiger partial charge on any atom is 0.151 e. The molecule has 108 valence electrons. The van der Waals surface area contributed by atoms with E-state index in [1.165, 1.54) is 4.70 Å². The molecule has 0 bridgehead atoms. The van der Waals surface area contributed by atoms with Crippen molar-refractivity contribution >= 4 is 33.3 Å². The van der Waals surface area contributed by atoms with Gasteiger partial charge in [0, 0.05) is 12.3 Å². The van der Waals surface area contributed by atoms with Gasteiger partial charge in [0.2, 0.25) is 0 Å². The zero-order chi connectivity index (χ0) is 14.5. The topological polar surface area (TPSA) is 48.1 Å². The van der Waals surface area contributed by atoms with Crippen LogP contribution in [0.5, 0.6) is 5.75 Å². The lowest BCUT2D eigenvalue weighted by Gasteiger charge is -2.05. The first-order chi connectivity index (χ1) is 10.3. The number of hydrogen-bond acceptors (Lipinski definition) is 5. The van der Waals surface area contributed by atoms with E-state index in [-0.39, 0.29) is 0 Å². The Morgan fingerprint density at radius 1 is 1.10 bits per heavy atom. The highest BCUT2D eigenvalue weighted by Gasteiger charge is 2.03. The van der Waals surface area contributed by atoms with Crippen molar-refractivity contribution in [3.8, 4) is 5.75 Å². The molecule has 3 rings (SSSR count). The lowest BCUT2D eigenvalue weighted by atomic mass is 10.2. The van der Waals surface area contributed by atoms with Crippen molar-refractivity contribution in [3.63, 3.8) is 0 Å². The van der Waals surface area contributed by atoms with Gasteiger partial charge in [-0.1, -0.05) is 36.0 Å². The summed E-state index contributed by atoms with van der Waals surface area (Å²) in [4.78, 5) is 4.59. The fourth-order valence-corrected chi connectivity index (χ4v) is 3.88. The molecular weight excluding hydrogens is 300 g/mol. The number of nitrogens with zero attached hydrogens (tertiary/aromatic N) is 1. The van der Waals surface area contributed by atoms with E-state index < -0.39 is 0 Å². The average molecular weight is 316 g/mol. The van der Waals surface area contributed by atoms with Gasteiger partial charge in [-0.05, 0) is 29.8 Å². The van der Waals surface area contributed by atoms with Crippen LogP contribution in [0.2, 0.25) is 0 Å². The van der Waals surface area contributed by atoms with Gasteiger partial charge >= 0.3 is 0 Å². The molecule has 0 unspecified atom stereocenters. The SMILES string of the molecule is NCc1ccc(OCCSc2nc3ccccc3s2)cc1. The van der Waals surface area contributed by atoms with Gasteiger partial charge in [0.25, 0.3) is 0 Å². The molecule has 21 heavy (non-hydrogen) atoms. The molecule has 0 saturated carbocycles. The maximum absolute atomic E-state index is 5.72. The summed E-state index contributed by atoms with van der Waals surface area (Å²) in [6, 6.07) is 16.1. The fourth-order valence-electron chi connectivity index (χ4n) is 1.92. The molecule has 2 aromatic carbocycles. The van der Waals surface area contributed by atoms with Gasteiger partial charge in [-0.15, -0.1) is 11.3 Å². The van der Waals surface area contributed by atoms with Crippen LogP contribution in [-0.4, -0.2) is 17.3 Å². The van der Waals surface area contributed by atoms with Crippen LogP contribution in [0.25, 0.3) is 10.2 Å². The van der Waals surface area contributed by atoms with Crippen LogP contribution < -0.4 is 10.5 Å². The maximum atomic E-state index is 5.72. The molecule has 0 amide bonds. The zero-order valence-corrected chi connectivity index (χ0v) is 13.1. The van der Waals surface area contributed by atoms with Crippen LogP contribution in [0.4, 0.5) is 0 Å². The van der Waals surface area contributed by atoms with Crippen LogP contribution in [0.15, 0.2) is 52.9 Å². The Morgan fingerprint density at radius 3 is 2.67 bits per heavy atom. The van der Waals surface area contributed by atoms with Crippen molar-refractivity contribution in [1.29, 1.82) is 0 Å². The standard InChI is InChI=1S/C16H16N2OS2/c17-11-12-5-7-13(8-6-12)19-9-10-20-16-18-14-3-1-2-4-15(14)21-16/h1-8H,9-11,17H2. The van der Waals surface area contributed by atoms with Gasteiger partial charge < -0.3 is 10.5 Å². The molecule has 0 aliphatic heterocycles. The monoisotopic (exact) mass is 316 g/mol. The Bertz CT molecular complexity index is 677.